The molecule has 1 fully saturated rings. The molecule has 6 heteroatoms. The van der Waals surface area contributed by atoms with Crippen LogP contribution in [0.1, 0.15) is 18.4 Å². The van der Waals surface area contributed by atoms with Crippen LogP contribution >= 0.6 is 0 Å². The number of nitrogens with two attached hydrogens (primary N) is 1. The quantitative estimate of drug-likeness (QED) is 0.736. The number of aliphatic hydroxyl groups excluding tert-OH is 1. The van der Waals surface area contributed by atoms with Crippen molar-refractivity contribution in [1.82, 2.24) is 10.2 Å². The number of rotatable bonds is 5. The Morgan fingerprint density at radius 1 is 1.32 bits per heavy atom. The van der Waals surface area contributed by atoms with Gasteiger partial charge >= 0.3 is 6.03 Å². The molecule has 1 aliphatic heterocycles. The van der Waals surface area contributed by atoms with Crippen LogP contribution in [-0.4, -0.2) is 47.2 Å². The molecule has 0 bridgehead atoms. The second kappa shape index (κ2) is 7.91. The molecule has 0 spiro atoms. The van der Waals surface area contributed by atoms with Crippen LogP contribution in [0.25, 0.3) is 0 Å². The number of imide groups is 1. The van der Waals surface area contributed by atoms with Gasteiger partial charge in [0.2, 0.25) is 0 Å². The molecule has 1 radical (unpaired) electrons. The van der Waals surface area contributed by atoms with Gasteiger partial charge in [-0.25, -0.2) is 4.79 Å². The van der Waals surface area contributed by atoms with Crippen LogP contribution in [0, 0.1) is 6.42 Å². The first-order chi connectivity index (χ1) is 10.6. The fraction of sp³-hybridized carbons (Fsp3) is 0.438. The first kappa shape index (κ1) is 16.5. The number of carbonyl (C=O) groups excluding carboxylic acids is 2. The minimum absolute atomic E-state index is 0.244. The average Bonchev–Trinajstić information content (AvgIpc) is 2.54. The van der Waals surface area contributed by atoms with E-state index in [2.05, 4.69) is 5.32 Å². The molecule has 0 saturated carbocycles. The number of carbonyl (C=O) groups is 2. The molecule has 1 saturated heterocycles. The monoisotopic (exact) mass is 304 g/mol. The molecule has 6 nitrogen and oxygen atoms in total. The van der Waals surface area contributed by atoms with E-state index < -0.39 is 18.0 Å². The summed E-state index contributed by atoms with van der Waals surface area (Å²) in [4.78, 5) is 24.9. The Morgan fingerprint density at radius 3 is 2.55 bits per heavy atom. The van der Waals surface area contributed by atoms with Gasteiger partial charge in [0.25, 0.3) is 5.91 Å². The summed E-state index contributed by atoms with van der Waals surface area (Å²) >= 11 is 0. The molecule has 2 rings (SSSR count). The number of urea groups is 1. The van der Waals surface area contributed by atoms with Crippen LogP contribution < -0.4 is 11.1 Å². The molecule has 1 heterocycles. The van der Waals surface area contributed by atoms with E-state index in [0.717, 1.165) is 23.6 Å². The van der Waals surface area contributed by atoms with E-state index in [0.29, 0.717) is 19.3 Å². The van der Waals surface area contributed by atoms with E-state index in [1.807, 2.05) is 30.3 Å². The van der Waals surface area contributed by atoms with Crippen LogP contribution in [0.4, 0.5) is 4.79 Å². The van der Waals surface area contributed by atoms with E-state index >= 15 is 0 Å². The first-order valence-corrected chi connectivity index (χ1v) is 7.48. The van der Waals surface area contributed by atoms with E-state index in [-0.39, 0.29) is 6.04 Å². The number of piperidine rings is 1. The van der Waals surface area contributed by atoms with Gasteiger partial charge in [-0.3, -0.25) is 9.69 Å². The van der Waals surface area contributed by atoms with Crippen LogP contribution in [0.3, 0.4) is 0 Å². The number of nitrogens with zero attached hydrogens (tertiary/aromatic N) is 1. The molecule has 1 aliphatic rings. The summed E-state index contributed by atoms with van der Waals surface area (Å²) in [6, 6.07) is 8.45. The standard InChI is InChI=1S/C16H22N3O3/c17-16(22)19(13-8-10-18-11-9-13)15(21)14(20)7-6-12-4-2-1-3-5-12/h1-5,7,13-14,18,20H,6,8-11H2,(H2,17,22)/t14-/m0/s1. The fourth-order valence-corrected chi connectivity index (χ4v) is 2.64. The molecule has 3 amide bonds. The zero-order valence-corrected chi connectivity index (χ0v) is 12.4. The van der Waals surface area contributed by atoms with Gasteiger partial charge in [0.15, 0.2) is 0 Å². The number of nitrogens with one attached hydrogen (secondary N) is 1. The lowest BCUT2D eigenvalue weighted by Gasteiger charge is -2.33. The van der Waals surface area contributed by atoms with Gasteiger partial charge in [-0.2, -0.15) is 0 Å². The second-order valence-electron chi connectivity index (χ2n) is 5.40. The molecule has 1 aromatic carbocycles. The highest BCUT2D eigenvalue weighted by Gasteiger charge is 2.32. The molecule has 0 unspecified atom stereocenters. The van der Waals surface area contributed by atoms with E-state index in [1.54, 1.807) is 0 Å². The SMILES string of the molecule is NC(=O)N(C(=O)[C@@H](O)[CH]Cc1ccccc1)C1CCNCC1. The van der Waals surface area contributed by atoms with Gasteiger partial charge in [-0.1, -0.05) is 30.3 Å². The zero-order valence-electron chi connectivity index (χ0n) is 12.4. The number of amides is 3. The third-order valence-corrected chi connectivity index (χ3v) is 3.82. The van der Waals surface area contributed by atoms with Gasteiger partial charge in [0, 0.05) is 12.5 Å². The largest absolute Gasteiger partial charge is 0.383 e. The van der Waals surface area contributed by atoms with Crippen molar-refractivity contribution in [2.75, 3.05) is 13.1 Å². The molecule has 22 heavy (non-hydrogen) atoms. The Morgan fingerprint density at radius 2 is 1.95 bits per heavy atom. The summed E-state index contributed by atoms with van der Waals surface area (Å²) in [7, 11) is 0. The minimum atomic E-state index is -1.33. The van der Waals surface area contributed by atoms with Crippen molar-refractivity contribution in [3.8, 4) is 0 Å². The highest BCUT2D eigenvalue weighted by Crippen LogP contribution is 2.15. The number of benzene rings is 1. The number of hydrogen-bond donors (Lipinski definition) is 3. The zero-order chi connectivity index (χ0) is 15.9. The maximum absolute atomic E-state index is 12.3. The minimum Gasteiger partial charge on any atom is -0.383 e. The Labute approximate surface area is 130 Å². The first-order valence-electron chi connectivity index (χ1n) is 7.48. The molecule has 0 aromatic heterocycles. The van der Waals surface area contributed by atoms with Crippen molar-refractivity contribution in [2.24, 2.45) is 5.73 Å². The summed E-state index contributed by atoms with van der Waals surface area (Å²) in [5.74, 6) is -0.643. The van der Waals surface area contributed by atoms with Crippen molar-refractivity contribution in [3.05, 3.63) is 42.3 Å². The third-order valence-electron chi connectivity index (χ3n) is 3.82. The van der Waals surface area contributed by atoms with Crippen LogP contribution in [-0.2, 0) is 11.2 Å². The summed E-state index contributed by atoms with van der Waals surface area (Å²) in [5, 5.41) is 13.2. The Kier molecular flexibility index (Phi) is 5.91. The smallest absolute Gasteiger partial charge is 0.321 e. The molecule has 119 valence electrons. The Hall–Kier alpha value is -1.92. The van der Waals surface area contributed by atoms with Crippen molar-refractivity contribution < 1.29 is 14.7 Å². The van der Waals surface area contributed by atoms with Crippen molar-refractivity contribution in [1.29, 1.82) is 0 Å². The van der Waals surface area contributed by atoms with E-state index in [1.165, 1.54) is 6.42 Å². The van der Waals surface area contributed by atoms with Gasteiger partial charge in [0.1, 0.15) is 6.10 Å². The highest BCUT2D eigenvalue weighted by molar-refractivity contribution is 5.97. The van der Waals surface area contributed by atoms with Crippen molar-refractivity contribution >= 4 is 11.9 Å². The topological polar surface area (TPSA) is 95.7 Å². The lowest BCUT2D eigenvalue weighted by molar-refractivity contribution is -0.137. The van der Waals surface area contributed by atoms with Gasteiger partial charge < -0.3 is 16.2 Å². The van der Waals surface area contributed by atoms with Crippen LogP contribution in [0.5, 0.6) is 0 Å². The Bertz CT molecular complexity index is 501. The summed E-state index contributed by atoms with van der Waals surface area (Å²) < 4.78 is 0. The number of aliphatic hydroxyl groups is 1. The fourth-order valence-electron chi connectivity index (χ4n) is 2.64. The number of hydrogen-bond acceptors (Lipinski definition) is 4. The molecule has 0 aliphatic carbocycles. The predicted octanol–water partition coefficient (Wildman–Crippen LogP) is 0.454. The van der Waals surface area contributed by atoms with Crippen LogP contribution in [0.2, 0.25) is 0 Å². The predicted molar refractivity (Wildman–Crippen MR) is 82.8 cm³/mol. The average molecular weight is 304 g/mol. The lowest BCUT2D eigenvalue weighted by atomic mass is 10.0. The summed E-state index contributed by atoms with van der Waals surface area (Å²) in [5.41, 5.74) is 6.32. The third kappa shape index (κ3) is 4.29. The second-order valence-corrected chi connectivity index (χ2v) is 5.40. The maximum atomic E-state index is 12.3. The van der Waals surface area contributed by atoms with Gasteiger partial charge in [-0.05, 0) is 37.9 Å². The maximum Gasteiger partial charge on any atom is 0.321 e. The van der Waals surface area contributed by atoms with Crippen LogP contribution in [0.15, 0.2) is 30.3 Å². The van der Waals surface area contributed by atoms with Gasteiger partial charge in [-0.15, -0.1) is 0 Å². The summed E-state index contributed by atoms with van der Waals surface area (Å²) in [6.07, 6.45) is 1.92. The highest BCUT2D eigenvalue weighted by atomic mass is 16.3. The molecule has 1 atom stereocenters. The van der Waals surface area contributed by atoms with Crippen molar-refractivity contribution in [2.45, 2.75) is 31.4 Å². The van der Waals surface area contributed by atoms with Gasteiger partial charge in [0.05, 0.1) is 0 Å². The normalized spacial score (nSPS) is 17.0. The van der Waals surface area contributed by atoms with E-state index in [9.17, 15) is 14.7 Å². The number of primary amides is 1. The molecular formula is C16H22N3O3. The summed E-state index contributed by atoms with van der Waals surface area (Å²) in [6.45, 7) is 1.46. The molecular weight excluding hydrogens is 282 g/mol. The molecule has 4 N–H and O–H groups in total. The Balaban J connectivity index is 1.95. The van der Waals surface area contributed by atoms with E-state index in [4.69, 9.17) is 5.73 Å². The molecule has 1 aromatic rings. The van der Waals surface area contributed by atoms with Crippen molar-refractivity contribution in [3.63, 3.8) is 0 Å². The lowest BCUT2D eigenvalue weighted by Crippen LogP contribution is -2.54.